The summed E-state index contributed by atoms with van der Waals surface area (Å²) in [6.45, 7) is 4.42. The lowest BCUT2D eigenvalue weighted by molar-refractivity contribution is -0.150. The van der Waals surface area contributed by atoms with Gasteiger partial charge >= 0.3 is 11.9 Å². The highest BCUT2D eigenvalue weighted by atomic mass is 16.5. The van der Waals surface area contributed by atoms with E-state index in [1.165, 1.54) is 83.5 Å². The molecule has 0 bridgehead atoms. The standard InChI is InChI=1S/C31H58O4/c1-3-5-7-8-9-10-11-12-13-14-15-16-17-18-19-20-24-28-31(34)35-29(25-6-4-2)26-22-21-23-27-30(32)33/h12-13,29H,3-11,14-28H2,1-2H3,(H,32,33)/b13-12-. The van der Waals surface area contributed by atoms with Gasteiger partial charge in [0.15, 0.2) is 0 Å². The zero-order valence-electron chi connectivity index (χ0n) is 23.4. The van der Waals surface area contributed by atoms with Gasteiger partial charge in [-0.15, -0.1) is 0 Å². The van der Waals surface area contributed by atoms with Crippen molar-refractivity contribution in [1.82, 2.24) is 0 Å². The maximum absolute atomic E-state index is 12.2. The van der Waals surface area contributed by atoms with Crippen molar-refractivity contribution >= 4 is 11.9 Å². The molecule has 206 valence electrons. The van der Waals surface area contributed by atoms with E-state index >= 15 is 0 Å². The quantitative estimate of drug-likeness (QED) is 0.0701. The predicted molar refractivity (Wildman–Crippen MR) is 149 cm³/mol. The number of hydrogen-bond donors (Lipinski definition) is 1. The van der Waals surface area contributed by atoms with Gasteiger partial charge in [0.2, 0.25) is 0 Å². The topological polar surface area (TPSA) is 63.6 Å². The largest absolute Gasteiger partial charge is 0.481 e. The second-order valence-corrected chi connectivity index (χ2v) is 10.3. The first kappa shape index (κ1) is 33.7. The lowest BCUT2D eigenvalue weighted by Crippen LogP contribution is -2.18. The van der Waals surface area contributed by atoms with Crippen molar-refractivity contribution in [2.75, 3.05) is 0 Å². The summed E-state index contributed by atoms with van der Waals surface area (Å²) in [7, 11) is 0. The van der Waals surface area contributed by atoms with Crippen LogP contribution < -0.4 is 0 Å². The number of carbonyl (C=O) groups excluding carboxylic acids is 1. The highest BCUT2D eigenvalue weighted by Gasteiger charge is 2.14. The third-order valence-corrected chi connectivity index (χ3v) is 6.74. The molecular formula is C31H58O4. The van der Waals surface area contributed by atoms with E-state index in [9.17, 15) is 9.59 Å². The molecule has 0 heterocycles. The number of esters is 1. The van der Waals surface area contributed by atoms with Crippen LogP contribution in [-0.4, -0.2) is 23.1 Å². The van der Waals surface area contributed by atoms with E-state index < -0.39 is 5.97 Å². The van der Waals surface area contributed by atoms with Crippen LogP contribution in [0.1, 0.15) is 168 Å². The zero-order chi connectivity index (χ0) is 25.8. The molecule has 1 atom stereocenters. The van der Waals surface area contributed by atoms with Crippen LogP contribution in [0.5, 0.6) is 0 Å². The highest BCUT2D eigenvalue weighted by Crippen LogP contribution is 2.16. The Kier molecular flexibility index (Phi) is 26.2. The fraction of sp³-hybridized carbons (Fsp3) is 0.871. The minimum absolute atomic E-state index is 0.00659. The molecule has 0 aliphatic carbocycles. The molecule has 0 saturated heterocycles. The van der Waals surface area contributed by atoms with Gasteiger partial charge < -0.3 is 9.84 Å². The maximum Gasteiger partial charge on any atom is 0.306 e. The van der Waals surface area contributed by atoms with Crippen LogP contribution in [0.4, 0.5) is 0 Å². The Balaban J connectivity index is 3.60. The highest BCUT2D eigenvalue weighted by molar-refractivity contribution is 5.69. The summed E-state index contributed by atoms with van der Waals surface area (Å²) >= 11 is 0. The van der Waals surface area contributed by atoms with Crippen molar-refractivity contribution in [3.63, 3.8) is 0 Å². The molecule has 1 unspecified atom stereocenters. The number of hydrogen-bond acceptors (Lipinski definition) is 3. The number of allylic oxidation sites excluding steroid dienone is 2. The molecule has 0 aromatic carbocycles. The fourth-order valence-corrected chi connectivity index (χ4v) is 4.46. The third kappa shape index (κ3) is 27.1. The molecule has 35 heavy (non-hydrogen) atoms. The molecule has 4 heteroatoms. The van der Waals surface area contributed by atoms with Gasteiger partial charge in [-0.2, -0.15) is 0 Å². The van der Waals surface area contributed by atoms with Gasteiger partial charge in [0.25, 0.3) is 0 Å². The smallest absolute Gasteiger partial charge is 0.306 e. The van der Waals surface area contributed by atoms with Gasteiger partial charge in [-0.3, -0.25) is 9.59 Å². The minimum atomic E-state index is -0.731. The van der Waals surface area contributed by atoms with E-state index in [2.05, 4.69) is 26.0 Å². The Morgan fingerprint density at radius 3 is 1.63 bits per heavy atom. The molecule has 0 aliphatic heterocycles. The van der Waals surface area contributed by atoms with E-state index in [1.54, 1.807) is 0 Å². The second kappa shape index (κ2) is 27.3. The molecule has 0 aromatic heterocycles. The van der Waals surface area contributed by atoms with E-state index in [1.807, 2.05) is 0 Å². The Bertz CT molecular complexity index is 500. The normalized spacial score (nSPS) is 12.3. The first-order valence-electron chi connectivity index (χ1n) is 15.2. The van der Waals surface area contributed by atoms with E-state index in [-0.39, 0.29) is 18.5 Å². The van der Waals surface area contributed by atoms with Crippen LogP contribution in [0.3, 0.4) is 0 Å². The van der Waals surface area contributed by atoms with Crippen molar-refractivity contribution in [3.05, 3.63) is 12.2 Å². The monoisotopic (exact) mass is 494 g/mol. The zero-order valence-corrected chi connectivity index (χ0v) is 23.4. The van der Waals surface area contributed by atoms with Crippen molar-refractivity contribution in [1.29, 1.82) is 0 Å². The minimum Gasteiger partial charge on any atom is -0.481 e. The van der Waals surface area contributed by atoms with Crippen LogP contribution in [0.15, 0.2) is 12.2 Å². The number of unbranched alkanes of at least 4 members (excludes halogenated alkanes) is 16. The molecule has 4 nitrogen and oxygen atoms in total. The van der Waals surface area contributed by atoms with Gasteiger partial charge in [0, 0.05) is 12.8 Å². The van der Waals surface area contributed by atoms with Crippen LogP contribution in [-0.2, 0) is 14.3 Å². The second-order valence-electron chi connectivity index (χ2n) is 10.3. The van der Waals surface area contributed by atoms with Gasteiger partial charge in [-0.05, 0) is 57.8 Å². The Morgan fingerprint density at radius 2 is 1.06 bits per heavy atom. The maximum atomic E-state index is 12.2. The van der Waals surface area contributed by atoms with Crippen molar-refractivity contribution < 1.29 is 19.4 Å². The SMILES string of the molecule is CCCCCCCC/C=C\CCCCCCCCCC(=O)OC(CCCC)CCCCCC(=O)O. The molecule has 0 rings (SSSR count). The van der Waals surface area contributed by atoms with E-state index in [0.29, 0.717) is 12.8 Å². The predicted octanol–water partition coefficient (Wildman–Crippen LogP) is 9.94. The summed E-state index contributed by atoms with van der Waals surface area (Å²) < 4.78 is 5.75. The Hall–Kier alpha value is -1.32. The molecule has 0 aromatic rings. The summed E-state index contributed by atoms with van der Waals surface area (Å²) in [5.41, 5.74) is 0. The number of carboxylic acid groups (broad SMARTS) is 1. The lowest BCUT2D eigenvalue weighted by atomic mass is 10.0. The average Bonchev–Trinajstić information content (AvgIpc) is 2.83. The molecule has 0 saturated carbocycles. The van der Waals surface area contributed by atoms with Crippen LogP contribution >= 0.6 is 0 Å². The van der Waals surface area contributed by atoms with Gasteiger partial charge in [-0.1, -0.05) is 109 Å². The van der Waals surface area contributed by atoms with Crippen LogP contribution in [0, 0.1) is 0 Å². The van der Waals surface area contributed by atoms with E-state index in [0.717, 1.165) is 51.4 Å². The van der Waals surface area contributed by atoms with Gasteiger partial charge in [0.05, 0.1) is 0 Å². The van der Waals surface area contributed by atoms with Crippen LogP contribution in [0.25, 0.3) is 0 Å². The number of ether oxygens (including phenoxy) is 1. The van der Waals surface area contributed by atoms with Crippen molar-refractivity contribution in [2.24, 2.45) is 0 Å². The Labute approximate surface area is 217 Å². The summed E-state index contributed by atoms with van der Waals surface area (Å²) in [5, 5.41) is 8.73. The van der Waals surface area contributed by atoms with Crippen molar-refractivity contribution in [3.8, 4) is 0 Å². The van der Waals surface area contributed by atoms with Gasteiger partial charge in [-0.25, -0.2) is 0 Å². The van der Waals surface area contributed by atoms with Crippen molar-refractivity contribution in [2.45, 2.75) is 174 Å². The molecule has 0 spiro atoms. The average molecular weight is 495 g/mol. The fourth-order valence-electron chi connectivity index (χ4n) is 4.46. The number of carboxylic acids is 1. The first-order valence-corrected chi connectivity index (χ1v) is 15.2. The van der Waals surface area contributed by atoms with Gasteiger partial charge in [0.1, 0.15) is 6.10 Å². The molecule has 1 N–H and O–H groups in total. The molecule has 0 aliphatic rings. The lowest BCUT2D eigenvalue weighted by Gasteiger charge is -2.17. The Morgan fingerprint density at radius 1 is 0.600 bits per heavy atom. The molecule has 0 fully saturated rings. The van der Waals surface area contributed by atoms with E-state index in [4.69, 9.17) is 9.84 Å². The summed E-state index contributed by atoms with van der Waals surface area (Å²) in [6.07, 6.45) is 31.2. The summed E-state index contributed by atoms with van der Waals surface area (Å²) in [6, 6.07) is 0. The number of rotatable bonds is 27. The summed E-state index contributed by atoms with van der Waals surface area (Å²) in [5.74, 6) is -0.783. The molecule has 0 amide bonds. The molecule has 0 radical (unpaired) electrons. The first-order chi connectivity index (χ1) is 17.1. The van der Waals surface area contributed by atoms with Crippen LogP contribution in [0.2, 0.25) is 0 Å². The number of carbonyl (C=O) groups is 2. The molecular weight excluding hydrogens is 436 g/mol. The number of aliphatic carboxylic acids is 1. The third-order valence-electron chi connectivity index (χ3n) is 6.74. The summed E-state index contributed by atoms with van der Waals surface area (Å²) in [4.78, 5) is 22.9.